The van der Waals surface area contributed by atoms with Gasteiger partial charge < -0.3 is 10.7 Å². The number of nitrogens with two attached hydrogens (primary N) is 1. The summed E-state index contributed by atoms with van der Waals surface area (Å²) < 4.78 is 1.79. The SMILES string of the molecule is NCc1nnn(-c2nccs2)c1Cc1c[nH]c2ccccc12. The topological polar surface area (TPSA) is 85.4 Å². The number of thiazole rings is 1. The highest BCUT2D eigenvalue weighted by molar-refractivity contribution is 7.12. The number of benzene rings is 1. The summed E-state index contributed by atoms with van der Waals surface area (Å²) in [6.45, 7) is 0.364. The Labute approximate surface area is 130 Å². The minimum Gasteiger partial charge on any atom is -0.361 e. The molecule has 4 aromatic rings. The monoisotopic (exact) mass is 310 g/mol. The predicted molar refractivity (Wildman–Crippen MR) is 86.0 cm³/mol. The Hall–Kier alpha value is -2.51. The van der Waals surface area contributed by atoms with Crippen LogP contribution in [0.25, 0.3) is 16.0 Å². The highest BCUT2D eigenvalue weighted by Crippen LogP contribution is 2.23. The van der Waals surface area contributed by atoms with Crippen molar-refractivity contribution >= 4 is 22.2 Å². The minimum atomic E-state index is 0.364. The third-order valence-corrected chi connectivity index (χ3v) is 4.42. The third kappa shape index (κ3) is 2.11. The van der Waals surface area contributed by atoms with Gasteiger partial charge in [0.2, 0.25) is 5.13 Å². The number of nitrogens with zero attached hydrogens (tertiary/aromatic N) is 4. The first-order valence-corrected chi connectivity index (χ1v) is 7.83. The zero-order valence-corrected chi connectivity index (χ0v) is 12.5. The molecule has 0 amide bonds. The van der Waals surface area contributed by atoms with Gasteiger partial charge in [-0.25, -0.2) is 4.98 Å². The summed E-state index contributed by atoms with van der Waals surface area (Å²) >= 11 is 1.53. The molecule has 3 heterocycles. The van der Waals surface area contributed by atoms with E-state index in [0.29, 0.717) is 13.0 Å². The van der Waals surface area contributed by atoms with Crippen LogP contribution >= 0.6 is 11.3 Å². The lowest BCUT2D eigenvalue weighted by atomic mass is 10.1. The van der Waals surface area contributed by atoms with Gasteiger partial charge in [0.05, 0.1) is 5.69 Å². The van der Waals surface area contributed by atoms with Gasteiger partial charge in [0.1, 0.15) is 5.69 Å². The van der Waals surface area contributed by atoms with E-state index >= 15 is 0 Å². The number of rotatable bonds is 4. The van der Waals surface area contributed by atoms with E-state index < -0.39 is 0 Å². The molecule has 0 saturated heterocycles. The Morgan fingerprint density at radius 2 is 2.18 bits per heavy atom. The summed E-state index contributed by atoms with van der Waals surface area (Å²) in [5, 5.41) is 12.3. The van der Waals surface area contributed by atoms with Crippen LogP contribution in [0, 0.1) is 0 Å². The molecule has 0 radical (unpaired) electrons. The average Bonchev–Trinajstić information content (AvgIpc) is 3.27. The van der Waals surface area contributed by atoms with Gasteiger partial charge in [-0.1, -0.05) is 23.4 Å². The average molecular weight is 310 g/mol. The largest absolute Gasteiger partial charge is 0.361 e. The van der Waals surface area contributed by atoms with Crippen molar-refractivity contribution < 1.29 is 0 Å². The maximum absolute atomic E-state index is 5.82. The number of para-hydroxylation sites is 1. The molecule has 0 spiro atoms. The van der Waals surface area contributed by atoms with Gasteiger partial charge in [-0.15, -0.1) is 16.4 Å². The molecule has 0 fully saturated rings. The third-order valence-electron chi connectivity index (χ3n) is 3.67. The van der Waals surface area contributed by atoms with Crippen molar-refractivity contribution in [2.45, 2.75) is 13.0 Å². The van der Waals surface area contributed by atoms with Crippen molar-refractivity contribution in [3.05, 3.63) is 59.0 Å². The zero-order chi connectivity index (χ0) is 14.9. The normalized spacial score (nSPS) is 11.3. The van der Waals surface area contributed by atoms with E-state index in [1.807, 2.05) is 23.7 Å². The molecular weight excluding hydrogens is 296 g/mol. The Morgan fingerprint density at radius 1 is 1.27 bits per heavy atom. The van der Waals surface area contributed by atoms with Crippen LogP contribution < -0.4 is 5.73 Å². The van der Waals surface area contributed by atoms with E-state index in [0.717, 1.165) is 22.0 Å². The molecular formula is C15H14N6S. The van der Waals surface area contributed by atoms with Crippen LogP contribution in [0.2, 0.25) is 0 Å². The zero-order valence-electron chi connectivity index (χ0n) is 11.7. The molecule has 3 aromatic heterocycles. The molecule has 0 unspecified atom stereocenters. The molecule has 4 rings (SSSR count). The van der Waals surface area contributed by atoms with Crippen LogP contribution in [0.3, 0.4) is 0 Å². The Morgan fingerprint density at radius 3 is 3.00 bits per heavy atom. The van der Waals surface area contributed by atoms with Crippen molar-refractivity contribution in [3.8, 4) is 5.13 Å². The summed E-state index contributed by atoms with van der Waals surface area (Å²) in [5.74, 6) is 0. The maximum Gasteiger partial charge on any atom is 0.211 e. The van der Waals surface area contributed by atoms with E-state index in [2.05, 4.69) is 32.4 Å². The molecule has 0 atom stereocenters. The summed E-state index contributed by atoms with van der Waals surface area (Å²) in [6, 6.07) is 8.25. The van der Waals surface area contributed by atoms with Gasteiger partial charge >= 0.3 is 0 Å². The maximum atomic E-state index is 5.82. The Bertz CT molecular complexity index is 905. The van der Waals surface area contributed by atoms with Gasteiger partial charge in [-0.05, 0) is 11.6 Å². The number of hydrogen-bond donors (Lipinski definition) is 2. The molecule has 22 heavy (non-hydrogen) atoms. The first-order valence-electron chi connectivity index (χ1n) is 6.95. The highest BCUT2D eigenvalue weighted by atomic mass is 32.1. The Balaban J connectivity index is 1.81. The minimum absolute atomic E-state index is 0.364. The summed E-state index contributed by atoms with van der Waals surface area (Å²) in [4.78, 5) is 7.61. The van der Waals surface area contributed by atoms with Gasteiger partial charge in [0, 0.05) is 41.6 Å². The smallest absolute Gasteiger partial charge is 0.211 e. The lowest BCUT2D eigenvalue weighted by Gasteiger charge is -2.04. The number of nitrogens with one attached hydrogen (secondary N) is 1. The van der Waals surface area contributed by atoms with E-state index in [9.17, 15) is 0 Å². The lowest BCUT2D eigenvalue weighted by Crippen LogP contribution is -2.06. The number of aromatic amines is 1. The molecule has 0 saturated carbocycles. The van der Waals surface area contributed by atoms with E-state index in [1.54, 1.807) is 10.9 Å². The predicted octanol–water partition coefficient (Wildman–Crippen LogP) is 2.25. The number of H-pyrrole nitrogens is 1. The molecule has 0 aliphatic rings. The van der Waals surface area contributed by atoms with E-state index in [-0.39, 0.29) is 0 Å². The molecule has 3 N–H and O–H groups in total. The first kappa shape index (κ1) is 13.2. The van der Waals surface area contributed by atoms with Gasteiger partial charge in [-0.3, -0.25) is 0 Å². The summed E-state index contributed by atoms with van der Waals surface area (Å²) in [7, 11) is 0. The standard InChI is InChI=1S/C15H14N6S/c16-8-13-14(21(20-19-13)15-17-5-6-22-15)7-10-9-18-12-4-2-1-3-11(10)12/h1-6,9,18H,7-8,16H2. The molecule has 7 heteroatoms. The second-order valence-corrected chi connectivity index (χ2v) is 5.82. The van der Waals surface area contributed by atoms with Gasteiger partial charge in [0.25, 0.3) is 0 Å². The second-order valence-electron chi connectivity index (χ2n) is 4.95. The molecule has 0 aliphatic carbocycles. The fourth-order valence-electron chi connectivity index (χ4n) is 2.60. The van der Waals surface area contributed by atoms with E-state index in [1.165, 1.54) is 22.3 Å². The van der Waals surface area contributed by atoms with Crippen molar-refractivity contribution in [2.75, 3.05) is 0 Å². The van der Waals surface area contributed by atoms with Crippen LogP contribution in [0.5, 0.6) is 0 Å². The molecule has 0 aliphatic heterocycles. The van der Waals surface area contributed by atoms with E-state index in [4.69, 9.17) is 5.73 Å². The van der Waals surface area contributed by atoms with Gasteiger partial charge in [-0.2, -0.15) is 4.68 Å². The fourth-order valence-corrected chi connectivity index (χ4v) is 3.21. The van der Waals surface area contributed by atoms with Gasteiger partial charge in [0.15, 0.2) is 0 Å². The number of fused-ring (bicyclic) bond motifs is 1. The first-order chi connectivity index (χ1) is 10.9. The van der Waals surface area contributed by atoms with Crippen LogP contribution in [-0.2, 0) is 13.0 Å². The number of hydrogen-bond acceptors (Lipinski definition) is 5. The molecule has 110 valence electrons. The Kier molecular flexibility index (Phi) is 3.21. The molecule has 0 bridgehead atoms. The highest BCUT2D eigenvalue weighted by Gasteiger charge is 2.16. The molecule has 1 aromatic carbocycles. The summed E-state index contributed by atoms with van der Waals surface area (Å²) in [6.07, 6.45) is 4.51. The second kappa shape index (κ2) is 5.36. The van der Waals surface area contributed by atoms with Crippen molar-refractivity contribution in [1.82, 2.24) is 25.0 Å². The van der Waals surface area contributed by atoms with Crippen LogP contribution in [0.15, 0.2) is 42.0 Å². The van der Waals surface area contributed by atoms with Crippen LogP contribution in [-0.4, -0.2) is 25.0 Å². The van der Waals surface area contributed by atoms with Crippen molar-refractivity contribution in [1.29, 1.82) is 0 Å². The lowest BCUT2D eigenvalue weighted by molar-refractivity contribution is 0.767. The van der Waals surface area contributed by atoms with Crippen molar-refractivity contribution in [2.24, 2.45) is 5.73 Å². The van der Waals surface area contributed by atoms with Crippen LogP contribution in [0.4, 0.5) is 0 Å². The van der Waals surface area contributed by atoms with Crippen molar-refractivity contribution in [3.63, 3.8) is 0 Å². The summed E-state index contributed by atoms with van der Waals surface area (Å²) in [5.41, 5.74) is 9.94. The quantitative estimate of drug-likeness (QED) is 0.605. The number of aromatic nitrogens is 5. The fraction of sp³-hybridized carbons (Fsp3) is 0.133. The van der Waals surface area contributed by atoms with Crippen LogP contribution in [0.1, 0.15) is 17.0 Å². The molecule has 6 nitrogen and oxygen atoms in total.